The largest absolute Gasteiger partial charge is 0.496 e. The van der Waals surface area contributed by atoms with E-state index in [4.69, 9.17) is 47.2 Å². The number of anilines is 1. The number of morpholine rings is 1. The van der Waals surface area contributed by atoms with Gasteiger partial charge in [0.15, 0.2) is 5.69 Å². The number of methoxy groups -OCH3 is 1. The van der Waals surface area contributed by atoms with Crippen LogP contribution in [0, 0.1) is 0 Å². The van der Waals surface area contributed by atoms with E-state index in [-0.39, 0.29) is 37.2 Å². The van der Waals surface area contributed by atoms with Gasteiger partial charge in [0.1, 0.15) is 23.7 Å². The molecule has 0 saturated carbocycles. The van der Waals surface area contributed by atoms with Crippen LogP contribution in [0.2, 0.25) is 10.0 Å². The Balaban J connectivity index is 1.13. The number of aromatic nitrogens is 2. The maximum absolute atomic E-state index is 14.3. The van der Waals surface area contributed by atoms with Crippen molar-refractivity contribution in [1.29, 1.82) is 0 Å². The summed E-state index contributed by atoms with van der Waals surface area (Å²) in [5.41, 5.74) is 3.59. The van der Waals surface area contributed by atoms with Crippen LogP contribution in [0.25, 0.3) is 28.1 Å². The number of rotatable bonds is 14. The predicted molar refractivity (Wildman–Crippen MR) is 234 cm³/mol. The third-order valence-electron chi connectivity index (χ3n) is 10.0. The van der Waals surface area contributed by atoms with Crippen LogP contribution < -0.4 is 30.7 Å². The van der Waals surface area contributed by atoms with Gasteiger partial charge in [-0.1, -0.05) is 41.8 Å². The summed E-state index contributed by atoms with van der Waals surface area (Å²) in [7, 11) is 1.57. The number of urea groups is 1. The Morgan fingerprint density at radius 1 is 0.902 bits per heavy atom. The summed E-state index contributed by atoms with van der Waals surface area (Å²) in [6, 6.07) is 15.7. The fraction of sp³-hybridized carbons (Fsp3) is 0.432. The topological polar surface area (TPSA) is 174 Å². The quantitative estimate of drug-likeness (QED) is 0.0916. The third kappa shape index (κ3) is 11.5. The number of fused-ring (bicyclic) bond motifs is 3. The van der Waals surface area contributed by atoms with E-state index in [2.05, 4.69) is 21.3 Å². The van der Waals surface area contributed by atoms with Crippen molar-refractivity contribution in [2.24, 2.45) is 0 Å². The summed E-state index contributed by atoms with van der Waals surface area (Å²) < 4.78 is 24.8. The molecule has 2 aliphatic rings. The van der Waals surface area contributed by atoms with Gasteiger partial charge in [-0.3, -0.25) is 9.59 Å². The molecule has 17 heteroatoms. The summed E-state index contributed by atoms with van der Waals surface area (Å²) in [5, 5.41) is 16.9. The third-order valence-corrected chi connectivity index (χ3v) is 10.4. The normalized spacial score (nSPS) is 14.2. The summed E-state index contributed by atoms with van der Waals surface area (Å²) in [6.07, 6.45) is 2.06. The van der Waals surface area contributed by atoms with Crippen LogP contribution in [0.3, 0.4) is 0 Å². The van der Waals surface area contributed by atoms with E-state index in [1.807, 2.05) is 38.1 Å². The molecule has 4 aromatic rings. The van der Waals surface area contributed by atoms with E-state index in [1.54, 1.807) is 67.8 Å². The fourth-order valence-corrected chi connectivity index (χ4v) is 7.67. The summed E-state index contributed by atoms with van der Waals surface area (Å²) in [6.45, 7) is 11.6. The Hall–Kier alpha value is -5.51. The number of nitrogens with zero attached hydrogens (tertiary/aromatic N) is 3. The lowest BCUT2D eigenvalue weighted by Crippen LogP contribution is -2.55. The van der Waals surface area contributed by atoms with Crippen molar-refractivity contribution < 1.29 is 38.1 Å². The molecule has 2 aliphatic heterocycles. The number of amides is 5. The predicted octanol–water partition coefficient (Wildman–Crippen LogP) is 7.99. The van der Waals surface area contributed by atoms with Crippen molar-refractivity contribution in [2.75, 3.05) is 51.8 Å². The molecule has 15 nitrogen and oxygen atoms in total. The highest BCUT2D eigenvalue weighted by Gasteiger charge is 2.39. The number of benzene rings is 3. The molecule has 3 heterocycles. The average molecular weight is 879 g/mol. The van der Waals surface area contributed by atoms with E-state index in [9.17, 15) is 19.2 Å². The van der Waals surface area contributed by atoms with Crippen molar-refractivity contribution in [3.8, 4) is 39.6 Å². The van der Waals surface area contributed by atoms with Gasteiger partial charge in [-0.05, 0) is 89.4 Å². The molecule has 1 fully saturated rings. The zero-order valence-corrected chi connectivity index (χ0v) is 36.8. The van der Waals surface area contributed by atoms with Crippen molar-refractivity contribution >= 4 is 52.8 Å². The van der Waals surface area contributed by atoms with Gasteiger partial charge in [0, 0.05) is 71.1 Å². The minimum Gasteiger partial charge on any atom is -0.496 e. The first-order valence-corrected chi connectivity index (χ1v) is 21.0. The lowest BCUT2D eigenvalue weighted by molar-refractivity contribution is -0.121. The van der Waals surface area contributed by atoms with Crippen LogP contribution in [0.15, 0.2) is 54.6 Å². The van der Waals surface area contributed by atoms with Gasteiger partial charge in [0.25, 0.3) is 5.91 Å². The molecule has 4 N–H and O–H groups in total. The van der Waals surface area contributed by atoms with E-state index in [0.29, 0.717) is 94.4 Å². The van der Waals surface area contributed by atoms with Crippen LogP contribution in [0.4, 0.5) is 15.3 Å². The Labute approximate surface area is 365 Å². The van der Waals surface area contributed by atoms with Crippen LogP contribution in [-0.2, 0) is 20.9 Å². The Morgan fingerprint density at radius 3 is 2.38 bits per heavy atom. The first-order chi connectivity index (χ1) is 29.0. The highest BCUT2D eigenvalue weighted by molar-refractivity contribution is 6.34. The number of halogens is 2. The number of carbonyl (C=O) groups is 4. The second kappa shape index (κ2) is 19.5. The number of nitrogens with one attached hydrogen (secondary N) is 4. The number of hydrogen-bond donors (Lipinski definition) is 4. The molecule has 1 saturated heterocycles. The molecule has 0 unspecified atom stereocenters. The molecule has 0 radical (unpaired) electrons. The van der Waals surface area contributed by atoms with Crippen molar-refractivity contribution in [3.05, 3.63) is 75.9 Å². The minimum atomic E-state index is -0.558. The van der Waals surface area contributed by atoms with Crippen molar-refractivity contribution in [3.63, 3.8) is 0 Å². The maximum Gasteiger partial charge on any atom is 0.407 e. The summed E-state index contributed by atoms with van der Waals surface area (Å²) >= 11 is 13.0. The standard InChI is InChI=1S/C44H53Cl2N7O8/c1-43(2,3)61-42(57)49-14-9-7-8-13-37(54)47-15-16-48-41(56)50-30-12-10-11-27(19-30)32-23-33-36(24-35(32)58-6)60-25-34-38(40(55)52-17-18-59-26-44(52,4)5)51-53(39(33)34)31-21-28(45)20-29(46)22-31/h10-12,19-24H,7-9,13-18,25-26H2,1-6H3,(H,47,54)(H,49,57)(H2,48,50,56). The molecule has 61 heavy (non-hydrogen) atoms. The smallest absolute Gasteiger partial charge is 0.407 e. The minimum absolute atomic E-state index is 0.0831. The van der Waals surface area contributed by atoms with E-state index >= 15 is 0 Å². The summed E-state index contributed by atoms with van der Waals surface area (Å²) in [4.78, 5) is 53.1. The van der Waals surface area contributed by atoms with Gasteiger partial charge < -0.3 is 45.1 Å². The average Bonchev–Trinajstić information content (AvgIpc) is 3.59. The van der Waals surface area contributed by atoms with Gasteiger partial charge >= 0.3 is 12.1 Å². The van der Waals surface area contributed by atoms with Gasteiger partial charge in [-0.2, -0.15) is 5.10 Å². The molecule has 0 aliphatic carbocycles. The number of hydrogen-bond acceptors (Lipinski definition) is 9. The molecular formula is C44H53Cl2N7O8. The number of carbonyl (C=O) groups excluding carboxylic acids is 4. The zero-order valence-electron chi connectivity index (χ0n) is 35.3. The maximum atomic E-state index is 14.3. The zero-order chi connectivity index (χ0) is 43.9. The van der Waals surface area contributed by atoms with E-state index in [0.717, 1.165) is 18.4 Å². The number of ether oxygens (including phenoxy) is 4. The molecule has 326 valence electrons. The summed E-state index contributed by atoms with van der Waals surface area (Å²) in [5.74, 6) is 0.700. The highest BCUT2D eigenvalue weighted by Crippen LogP contribution is 2.47. The first-order valence-electron chi connectivity index (χ1n) is 20.2. The Kier molecular flexibility index (Phi) is 14.4. The first kappa shape index (κ1) is 45.0. The van der Waals surface area contributed by atoms with E-state index in [1.165, 1.54) is 0 Å². The van der Waals surface area contributed by atoms with Crippen molar-refractivity contribution in [2.45, 2.75) is 78.0 Å². The van der Waals surface area contributed by atoms with Crippen molar-refractivity contribution in [1.82, 2.24) is 30.6 Å². The van der Waals surface area contributed by atoms with Gasteiger partial charge in [-0.25, -0.2) is 14.3 Å². The second-order valence-corrected chi connectivity index (χ2v) is 17.3. The molecule has 0 bridgehead atoms. The van der Waals surface area contributed by atoms with Crippen LogP contribution >= 0.6 is 23.2 Å². The molecule has 0 spiro atoms. The molecule has 6 rings (SSSR count). The molecular weight excluding hydrogens is 825 g/mol. The van der Waals surface area contributed by atoms with E-state index < -0.39 is 23.3 Å². The molecule has 5 amide bonds. The molecule has 1 aromatic heterocycles. The van der Waals surface area contributed by atoms with Crippen LogP contribution in [0.5, 0.6) is 11.5 Å². The van der Waals surface area contributed by atoms with Gasteiger partial charge in [-0.15, -0.1) is 0 Å². The van der Waals surface area contributed by atoms with Gasteiger partial charge in [0.05, 0.1) is 37.2 Å². The lowest BCUT2D eigenvalue weighted by Gasteiger charge is -2.41. The fourth-order valence-electron chi connectivity index (χ4n) is 7.15. The van der Waals surface area contributed by atoms with Crippen LogP contribution in [-0.4, -0.2) is 96.3 Å². The SMILES string of the molecule is COc1cc2c(cc1-c1cccc(NC(=O)NCCNC(=O)CCCCCNC(=O)OC(C)(C)C)c1)-c1c(c(C(=O)N3CCOCC3(C)C)nn1-c1cc(Cl)cc(Cl)c1)CO2. The number of unbranched alkanes of at least 4 members (excludes halogenated alkanes) is 2. The second-order valence-electron chi connectivity index (χ2n) is 16.4. The Morgan fingerprint density at radius 2 is 1.66 bits per heavy atom. The molecule has 0 atom stereocenters. The highest BCUT2D eigenvalue weighted by atomic mass is 35.5. The number of alkyl carbamates (subject to hydrolysis) is 1. The monoisotopic (exact) mass is 877 g/mol. The van der Waals surface area contributed by atoms with Gasteiger partial charge in [0.2, 0.25) is 5.91 Å². The Bertz CT molecular complexity index is 2250. The molecule has 3 aromatic carbocycles. The van der Waals surface area contributed by atoms with Crippen LogP contribution in [0.1, 0.15) is 76.4 Å². The lowest BCUT2D eigenvalue weighted by atomic mass is 9.95.